The van der Waals surface area contributed by atoms with Crippen LogP contribution in [0.3, 0.4) is 0 Å². The van der Waals surface area contributed by atoms with E-state index in [1.807, 2.05) is 0 Å². The molecular formula is C12H24O2. The van der Waals surface area contributed by atoms with Gasteiger partial charge in [0, 0.05) is 5.92 Å². The van der Waals surface area contributed by atoms with Crippen molar-refractivity contribution in [1.29, 1.82) is 0 Å². The summed E-state index contributed by atoms with van der Waals surface area (Å²) in [6.07, 6.45) is 8.47. The van der Waals surface area contributed by atoms with Crippen molar-refractivity contribution in [3.05, 3.63) is 0 Å². The fraction of sp³-hybridized carbons (Fsp3) is 1.00. The first-order valence-electron chi connectivity index (χ1n) is 6.04. The van der Waals surface area contributed by atoms with Crippen molar-refractivity contribution >= 4 is 0 Å². The maximum absolute atomic E-state index is 5.45. The van der Waals surface area contributed by atoms with Crippen LogP contribution in [0.5, 0.6) is 0 Å². The van der Waals surface area contributed by atoms with Gasteiger partial charge in [-0.3, -0.25) is 0 Å². The van der Waals surface area contributed by atoms with Gasteiger partial charge in [0.1, 0.15) is 6.79 Å². The molecule has 14 heavy (non-hydrogen) atoms. The van der Waals surface area contributed by atoms with Crippen LogP contribution in [0.2, 0.25) is 0 Å². The van der Waals surface area contributed by atoms with Gasteiger partial charge in [0.25, 0.3) is 0 Å². The third-order valence-corrected chi connectivity index (χ3v) is 3.09. The standard InChI is InChI=1S/C12H24O2/c1-3-4-5-6-7-8-12-9-13-10-14-11(12)2/h11-12H,3-10H2,1-2H3. The van der Waals surface area contributed by atoms with Gasteiger partial charge in [-0.25, -0.2) is 0 Å². The molecule has 1 aliphatic rings. The minimum atomic E-state index is 0.398. The molecular weight excluding hydrogens is 176 g/mol. The average molecular weight is 200 g/mol. The van der Waals surface area contributed by atoms with Crippen LogP contribution in [0.1, 0.15) is 52.4 Å². The van der Waals surface area contributed by atoms with Gasteiger partial charge in [0.2, 0.25) is 0 Å². The first-order valence-corrected chi connectivity index (χ1v) is 6.04. The second-order valence-electron chi connectivity index (χ2n) is 4.32. The molecule has 0 aromatic heterocycles. The lowest BCUT2D eigenvalue weighted by Crippen LogP contribution is -2.31. The Hall–Kier alpha value is -0.0800. The van der Waals surface area contributed by atoms with Crippen molar-refractivity contribution in [3.8, 4) is 0 Å². The highest BCUT2D eigenvalue weighted by atomic mass is 16.7. The first kappa shape index (κ1) is 12.0. The van der Waals surface area contributed by atoms with E-state index in [0.29, 0.717) is 18.8 Å². The van der Waals surface area contributed by atoms with Crippen LogP contribution in [-0.4, -0.2) is 19.5 Å². The summed E-state index contributed by atoms with van der Waals surface area (Å²) in [5.74, 6) is 0.630. The van der Waals surface area contributed by atoms with Crippen LogP contribution in [0.15, 0.2) is 0 Å². The smallest absolute Gasteiger partial charge is 0.147 e. The van der Waals surface area contributed by atoms with E-state index in [-0.39, 0.29) is 0 Å². The summed E-state index contributed by atoms with van der Waals surface area (Å²) < 4.78 is 10.8. The van der Waals surface area contributed by atoms with E-state index in [4.69, 9.17) is 9.47 Å². The predicted octanol–water partition coefficient (Wildman–Crippen LogP) is 3.36. The minimum Gasteiger partial charge on any atom is -0.355 e. The summed E-state index contributed by atoms with van der Waals surface area (Å²) in [6.45, 7) is 5.81. The molecule has 0 saturated carbocycles. The summed E-state index contributed by atoms with van der Waals surface area (Å²) >= 11 is 0. The average Bonchev–Trinajstić information content (AvgIpc) is 2.20. The second-order valence-corrected chi connectivity index (χ2v) is 4.32. The van der Waals surface area contributed by atoms with Crippen LogP contribution in [0.25, 0.3) is 0 Å². The van der Waals surface area contributed by atoms with Gasteiger partial charge in [-0.1, -0.05) is 39.0 Å². The summed E-state index contributed by atoms with van der Waals surface area (Å²) in [5.41, 5.74) is 0. The van der Waals surface area contributed by atoms with Gasteiger partial charge in [0.05, 0.1) is 12.7 Å². The summed E-state index contributed by atoms with van der Waals surface area (Å²) in [7, 11) is 0. The second kappa shape index (κ2) is 7.24. The van der Waals surface area contributed by atoms with E-state index < -0.39 is 0 Å². The van der Waals surface area contributed by atoms with Crippen LogP contribution in [0, 0.1) is 5.92 Å². The highest BCUT2D eigenvalue weighted by Gasteiger charge is 2.21. The normalized spacial score (nSPS) is 27.9. The van der Waals surface area contributed by atoms with E-state index in [1.165, 1.54) is 38.5 Å². The fourth-order valence-corrected chi connectivity index (χ4v) is 1.95. The lowest BCUT2D eigenvalue weighted by atomic mass is 9.96. The first-order chi connectivity index (χ1) is 6.84. The maximum Gasteiger partial charge on any atom is 0.147 e. The third-order valence-electron chi connectivity index (χ3n) is 3.09. The van der Waals surface area contributed by atoms with Crippen LogP contribution < -0.4 is 0 Å². The molecule has 1 aliphatic heterocycles. The number of hydrogen-bond donors (Lipinski definition) is 0. The third kappa shape index (κ3) is 4.43. The van der Waals surface area contributed by atoms with Crippen LogP contribution in [-0.2, 0) is 9.47 Å². The molecule has 0 aromatic carbocycles. The quantitative estimate of drug-likeness (QED) is 0.612. The van der Waals surface area contributed by atoms with Crippen molar-refractivity contribution in [2.75, 3.05) is 13.4 Å². The Morgan fingerprint density at radius 1 is 1.14 bits per heavy atom. The monoisotopic (exact) mass is 200 g/mol. The Morgan fingerprint density at radius 2 is 1.93 bits per heavy atom. The summed E-state index contributed by atoms with van der Waals surface area (Å²) in [6, 6.07) is 0. The van der Waals surface area contributed by atoms with Crippen LogP contribution >= 0.6 is 0 Å². The number of rotatable bonds is 6. The van der Waals surface area contributed by atoms with E-state index in [9.17, 15) is 0 Å². The Labute approximate surface area is 88.0 Å². The van der Waals surface area contributed by atoms with Gasteiger partial charge < -0.3 is 9.47 Å². The zero-order valence-corrected chi connectivity index (χ0v) is 9.63. The fourth-order valence-electron chi connectivity index (χ4n) is 1.95. The molecule has 1 heterocycles. The molecule has 0 spiro atoms. The van der Waals surface area contributed by atoms with E-state index in [2.05, 4.69) is 13.8 Å². The van der Waals surface area contributed by atoms with E-state index >= 15 is 0 Å². The van der Waals surface area contributed by atoms with Crippen molar-refractivity contribution in [3.63, 3.8) is 0 Å². The van der Waals surface area contributed by atoms with Crippen molar-refractivity contribution < 1.29 is 9.47 Å². The molecule has 2 heteroatoms. The zero-order chi connectivity index (χ0) is 10.2. The van der Waals surface area contributed by atoms with Crippen molar-refractivity contribution in [2.45, 2.75) is 58.5 Å². The highest BCUT2D eigenvalue weighted by molar-refractivity contribution is 4.68. The van der Waals surface area contributed by atoms with Gasteiger partial charge >= 0.3 is 0 Å². The Kier molecular flexibility index (Phi) is 6.20. The molecule has 0 bridgehead atoms. The van der Waals surface area contributed by atoms with E-state index in [0.717, 1.165) is 6.61 Å². The molecule has 2 nitrogen and oxygen atoms in total. The van der Waals surface area contributed by atoms with Gasteiger partial charge in [-0.15, -0.1) is 0 Å². The Bertz CT molecular complexity index is 136. The van der Waals surface area contributed by atoms with Gasteiger partial charge in [-0.05, 0) is 13.3 Å². The number of hydrogen-bond acceptors (Lipinski definition) is 2. The molecule has 1 rings (SSSR count). The predicted molar refractivity (Wildman–Crippen MR) is 58.2 cm³/mol. The molecule has 2 atom stereocenters. The molecule has 0 radical (unpaired) electrons. The summed E-state index contributed by atoms with van der Waals surface area (Å²) in [5, 5.41) is 0. The molecule has 0 N–H and O–H groups in total. The number of unbranched alkanes of at least 4 members (excludes halogenated alkanes) is 4. The SMILES string of the molecule is CCCCCCCC1COCOC1C. The van der Waals surface area contributed by atoms with Crippen LogP contribution in [0.4, 0.5) is 0 Å². The van der Waals surface area contributed by atoms with Crippen molar-refractivity contribution in [2.24, 2.45) is 5.92 Å². The molecule has 2 unspecified atom stereocenters. The van der Waals surface area contributed by atoms with Crippen molar-refractivity contribution in [1.82, 2.24) is 0 Å². The molecule has 84 valence electrons. The largest absolute Gasteiger partial charge is 0.355 e. The number of ether oxygens (including phenoxy) is 2. The lowest BCUT2D eigenvalue weighted by Gasteiger charge is -2.28. The molecule has 1 saturated heterocycles. The Morgan fingerprint density at radius 3 is 2.64 bits per heavy atom. The molecule has 0 aliphatic carbocycles. The molecule has 0 aromatic rings. The van der Waals surface area contributed by atoms with Gasteiger partial charge in [0.15, 0.2) is 0 Å². The lowest BCUT2D eigenvalue weighted by molar-refractivity contribution is -0.165. The van der Waals surface area contributed by atoms with E-state index in [1.54, 1.807) is 0 Å². The topological polar surface area (TPSA) is 18.5 Å². The highest BCUT2D eigenvalue weighted by Crippen LogP contribution is 2.20. The maximum atomic E-state index is 5.45. The minimum absolute atomic E-state index is 0.398. The Balaban J connectivity index is 1.99. The zero-order valence-electron chi connectivity index (χ0n) is 9.63. The molecule has 1 fully saturated rings. The molecule has 0 amide bonds. The van der Waals surface area contributed by atoms with Gasteiger partial charge in [-0.2, -0.15) is 0 Å². The summed E-state index contributed by atoms with van der Waals surface area (Å²) in [4.78, 5) is 0.